The topological polar surface area (TPSA) is 69.6 Å². The van der Waals surface area contributed by atoms with E-state index in [9.17, 15) is 9.59 Å². The van der Waals surface area contributed by atoms with E-state index in [1.807, 2.05) is 80.9 Å². The number of aryl methyl sites for hydroxylation is 1. The second-order valence-corrected chi connectivity index (χ2v) is 8.64. The number of carbonyl (C=O) groups excluding carboxylic acids is 1. The first-order valence-electron chi connectivity index (χ1n) is 10.4. The molecule has 0 unspecified atom stereocenters. The zero-order valence-corrected chi connectivity index (χ0v) is 18.9. The van der Waals surface area contributed by atoms with Gasteiger partial charge < -0.3 is 14.0 Å². The van der Waals surface area contributed by atoms with Crippen LogP contribution < -0.4 is 15.5 Å². The molecule has 2 aromatic carbocycles. The summed E-state index contributed by atoms with van der Waals surface area (Å²) in [6, 6.07) is 18.7. The van der Waals surface area contributed by atoms with Gasteiger partial charge in [-0.05, 0) is 32.9 Å². The van der Waals surface area contributed by atoms with Crippen LogP contribution in [0.1, 0.15) is 20.8 Å². The number of nitrogens with zero attached hydrogens (tertiary/aromatic N) is 1. The highest BCUT2D eigenvalue weighted by atomic mass is 16.6. The summed E-state index contributed by atoms with van der Waals surface area (Å²) in [4.78, 5) is 25.8. The van der Waals surface area contributed by atoms with Crippen LogP contribution in [0.5, 0.6) is 5.75 Å². The molecule has 1 amide bonds. The van der Waals surface area contributed by atoms with Crippen molar-refractivity contribution in [2.24, 2.45) is 7.05 Å². The Hall–Kier alpha value is -3.80. The summed E-state index contributed by atoms with van der Waals surface area (Å²) in [5, 5.41) is 3.76. The molecule has 0 radical (unpaired) electrons. The summed E-state index contributed by atoms with van der Waals surface area (Å²) in [6.07, 6.45) is -0.552. The fourth-order valence-electron chi connectivity index (χ4n) is 3.96. The number of anilines is 1. The largest absolute Gasteiger partial charge is 0.497 e. The van der Waals surface area contributed by atoms with Crippen LogP contribution in [-0.4, -0.2) is 23.4 Å². The molecule has 1 N–H and O–H groups in total. The van der Waals surface area contributed by atoms with E-state index in [4.69, 9.17) is 9.47 Å². The Morgan fingerprint density at radius 2 is 1.66 bits per heavy atom. The Balaban J connectivity index is 2.03. The van der Waals surface area contributed by atoms with Crippen LogP contribution >= 0.6 is 0 Å². The van der Waals surface area contributed by atoms with Gasteiger partial charge >= 0.3 is 6.09 Å². The minimum atomic E-state index is -0.627. The second-order valence-electron chi connectivity index (χ2n) is 8.64. The molecule has 0 saturated heterocycles. The first-order valence-corrected chi connectivity index (χ1v) is 10.4. The van der Waals surface area contributed by atoms with E-state index >= 15 is 0 Å². The SMILES string of the molecule is COc1cc2n(C)c3ccccc3c(-c3ccccc3NC(=O)OC(C)(C)C)c-2c(=O)c1. The Labute approximate surface area is 186 Å². The lowest BCUT2D eigenvalue weighted by Crippen LogP contribution is -2.27. The van der Waals surface area contributed by atoms with Crippen LogP contribution in [0, 0.1) is 0 Å². The number of hydrogen-bond donors (Lipinski definition) is 1. The standard InChI is InChI=1S/C26H26N2O4/c1-26(2,3)32-25(30)27-19-12-8-6-10-17(19)23-18-11-7-9-13-20(18)28(4)21-14-16(31-5)15-22(29)24(21)23/h6-15H,1-5H3,(H,27,30). The Morgan fingerprint density at radius 3 is 2.38 bits per heavy atom. The number of methoxy groups -OCH3 is 1. The number of ether oxygens (including phenoxy) is 2. The van der Waals surface area contributed by atoms with Crippen molar-refractivity contribution in [1.82, 2.24) is 4.57 Å². The second kappa shape index (κ2) is 8.04. The number of benzene rings is 3. The van der Waals surface area contributed by atoms with Gasteiger partial charge in [-0.2, -0.15) is 0 Å². The van der Waals surface area contributed by atoms with Crippen LogP contribution in [0.15, 0.2) is 65.5 Å². The van der Waals surface area contributed by atoms with Crippen LogP contribution in [-0.2, 0) is 11.8 Å². The molecule has 0 fully saturated rings. The molecular formula is C26H26N2O4. The van der Waals surface area contributed by atoms with Crippen molar-refractivity contribution < 1.29 is 14.3 Å². The fourth-order valence-corrected chi connectivity index (χ4v) is 3.96. The lowest BCUT2D eigenvalue weighted by molar-refractivity contribution is 0.0636. The van der Waals surface area contributed by atoms with Crippen LogP contribution in [0.3, 0.4) is 0 Å². The highest BCUT2D eigenvalue weighted by molar-refractivity contribution is 6.07. The van der Waals surface area contributed by atoms with E-state index in [1.54, 1.807) is 13.2 Å². The maximum Gasteiger partial charge on any atom is 0.412 e. The molecule has 0 spiro atoms. The third-order valence-electron chi connectivity index (χ3n) is 5.27. The molecule has 4 rings (SSSR count). The molecule has 0 aromatic heterocycles. The third kappa shape index (κ3) is 3.91. The number of nitrogens with one attached hydrogen (secondary N) is 1. The van der Waals surface area contributed by atoms with Gasteiger partial charge in [0.05, 0.1) is 24.1 Å². The van der Waals surface area contributed by atoms with Crippen molar-refractivity contribution >= 4 is 22.7 Å². The number of fused-ring (bicyclic) bond motifs is 2. The van der Waals surface area contributed by atoms with E-state index in [2.05, 4.69) is 5.32 Å². The van der Waals surface area contributed by atoms with Crippen molar-refractivity contribution in [1.29, 1.82) is 0 Å². The lowest BCUT2D eigenvalue weighted by atomic mass is 9.90. The average Bonchev–Trinajstić information content (AvgIpc) is 2.74. The van der Waals surface area contributed by atoms with Gasteiger partial charge in [0, 0.05) is 41.2 Å². The highest BCUT2D eigenvalue weighted by Crippen LogP contribution is 2.42. The van der Waals surface area contributed by atoms with Crippen LogP contribution in [0.25, 0.3) is 33.3 Å². The molecule has 6 nitrogen and oxygen atoms in total. The van der Waals surface area contributed by atoms with Gasteiger partial charge in [-0.25, -0.2) is 4.79 Å². The van der Waals surface area contributed by atoms with Gasteiger partial charge in [-0.1, -0.05) is 36.4 Å². The molecule has 1 aliphatic heterocycles. The van der Waals surface area contributed by atoms with Gasteiger partial charge in [-0.3, -0.25) is 10.1 Å². The van der Waals surface area contributed by atoms with E-state index in [0.717, 1.165) is 27.7 Å². The maximum atomic E-state index is 13.3. The van der Waals surface area contributed by atoms with Crippen LogP contribution in [0.2, 0.25) is 0 Å². The molecule has 2 aromatic rings. The molecule has 1 heterocycles. The predicted octanol–water partition coefficient (Wildman–Crippen LogP) is 5.67. The number of amides is 1. The van der Waals surface area contributed by atoms with E-state index in [1.165, 1.54) is 6.07 Å². The van der Waals surface area contributed by atoms with Gasteiger partial charge in [0.25, 0.3) is 0 Å². The fraction of sp³-hybridized carbons (Fsp3) is 0.231. The van der Waals surface area contributed by atoms with Gasteiger partial charge in [0.2, 0.25) is 0 Å². The number of rotatable bonds is 3. The zero-order chi connectivity index (χ0) is 23.0. The minimum absolute atomic E-state index is 0.150. The monoisotopic (exact) mass is 430 g/mol. The van der Waals surface area contributed by atoms with E-state index in [0.29, 0.717) is 17.0 Å². The van der Waals surface area contributed by atoms with E-state index < -0.39 is 11.7 Å². The Bertz CT molecular complexity index is 1350. The third-order valence-corrected chi connectivity index (χ3v) is 5.27. The summed E-state index contributed by atoms with van der Waals surface area (Å²) >= 11 is 0. The molecule has 32 heavy (non-hydrogen) atoms. The number of para-hydroxylation sites is 2. The van der Waals surface area contributed by atoms with E-state index in [-0.39, 0.29) is 5.43 Å². The molecule has 0 bridgehead atoms. The van der Waals surface area contributed by atoms with Gasteiger partial charge in [0.1, 0.15) is 11.4 Å². The molecule has 1 aliphatic carbocycles. The van der Waals surface area contributed by atoms with Gasteiger partial charge in [0.15, 0.2) is 5.43 Å². The molecular weight excluding hydrogens is 404 g/mol. The summed E-state index contributed by atoms with van der Waals surface area (Å²) in [7, 11) is 3.47. The van der Waals surface area contributed by atoms with Crippen LogP contribution in [0.4, 0.5) is 10.5 Å². The van der Waals surface area contributed by atoms with Crippen molar-refractivity contribution in [3.8, 4) is 28.1 Å². The van der Waals surface area contributed by atoms with Crippen molar-refractivity contribution in [3.05, 3.63) is 70.9 Å². The molecule has 0 atom stereocenters. The zero-order valence-electron chi connectivity index (χ0n) is 18.9. The van der Waals surface area contributed by atoms with Crippen molar-refractivity contribution in [2.75, 3.05) is 12.4 Å². The average molecular weight is 431 g/mol. The summed E-state index contributed by atoms with van der Waals surface area (Å²) in [5.74, 6) is 0.500. The summed E-state index contributed by atoms with van der Waals surface area (Å²) in [6.45, 7) is 5.44. The smallest absolute Gasteiger partial charge is 0.412 e. The number of aromatic nitrogens is 1. The minimum Gasteiger partial charge on any atom is -0.497 e. The first-order chi connectivity index (χ1) is 15.2. The first kappa shape index (κ1) is 21.4. The lowest BCUT2D eigenvalue weighted by Gasteiger charge is -2.23. The number of pyridine rings is 1. The molecule has 2 aliphatic rings. The highest BCUT2D eigenvalue weighted by Gasteiger charge is 2.24. The summed E-state index contributed by atoms with van der Waals surface area (Å²) in [5.41, 5.74) is 3.54. The number of hydrogen-bond acceptors (Lipinski definition) is 4. The van der Waals surface area contributed by atoms with Gasteiger partial charge in [-0.15, -0.1) is 0 Å². The van der Waals surface area contributed by atoms with Crippen molar-refractivity contribution in [2.45, 2.75) is 26.4 Å². The Morgan fingerprint density at radius 1 is 0.969 bits per heavy atom. The summed E-state index contributed by atoms with van der Waals surface area (Å²) < 4.78 is 12.8. The number of carbonyl (C=O) groups is 1. The predicted molar refractivity (Wildman–Crippen MR) is 128 cm³/mol. The normalized spacial score (nSPS) is 11.5. The Kier molecular flexibility index (Phi) is 5.38. The quantitative estimate of drug-likeness (QED) is 0.426. The van der Waals surface area contributed by atoms with Crippen molar-refractivity contribution in [3.63, 3.8) is 0 Å². The molecule has 6 heteroatoms. The molecule has 0 saturated carbocycles. The maximum absolute atomic E-state index is 13.3. The molecule has 164 valence electrons.